The zero-order valence-corrected chi connectivity index (χ0v) is 12.7. The SMILES string of the molecule is CC(NC(=O)NCC1Cc2ccccc2O1)c1cccs1. The normalized spacial score (nSPS) is 17.7. The minimum Gasteiger partial charge on any atom is -0.488 e. The Kier molecular flexibility index (Phi) is 4.10. The van der Waals surface area contributed by atoms with Gasteiger partial charge in [-0.1, -0.05) is 24.3 Å². The van der Waals surface area contributed by atoms with Crippen LogP contribution >= 0.6 is 11.3 Å². The first-order chi connectivity index (χ1) is 10.2. The fraction of sp³-hybridized carbons (Fsp3) is 0.312. The second-order valence-electron chi connectivity index (χ2n) is 5.14. The number of rotatable bonds is 4. The van der Waals surface area contributed by atoms with E-state index in [0.29, 0.717) is 6.54 Å². The molecular formula is C16H18N2O2S. The number of amides is 2. The lowest BCUT2D eigenvalue weighted by Crippen LogP contribution is -2.41. The summed E-state index contributed by atoms with van der Waals surface area (Å²) in [7, 11) is 0. The van der Waals surface area contributed by atoms with Gasteiger partial charge in [0, 0.05) is 11.3 Å². The van der Waals surface area contributed by atoms with Crippen molar-refractivity contribution >= 4 is 17.4 Å². The Morgan fingerprint density at radius 3 is 3.00 bits per heavy atom. The highest BCUT2D eigenvalue weighted by Crippen LogP contribution is 2.27. The van der Waals surface area contributed by atoms with E-state index in [-0.39, 0.29) is 18.2 Å². The summed E-state index contributed by atoms with van der Waals surface area (Å²) in [5, 5.41) is 7.82. The molecule has 2 N–H and O–H groups in total. The number of hydrogen-bond donors (Lipinski definition) is 2. The van der Waals surface area contributed by atoms with Crippen molar-refractivity contribution in [1.82, 2.24) is 10.6 Å². The second kappa shape index (κ2) is 6.18. The van der Waals surface area contributed by atoms with Crippen molar-refractivity contribution < 1.29 is 9.53 Å². The first-order valence-electron chi connectivity index (χ1n) is 7.04. The van der Waals surface area contributed by atoms with Crippen molar-refractivity contribution in [1.29, 1.82) is 0 Å². The molecule has 2 amide bonds. The standard InChI is InChI=1S/C16H18N2O2S/c1-11(15-7-4-8-21-15)18-16(19)17-10-13-9-12-5-2-3-6-14(12)20-13/h2-8,11,13H,9-10H2,1H3,(H2,17,18,19). The van der Waals surface area contributed by atoms with Gasteiger partial charge >= 0.3 is 6.03 Å². The van der Waals surface area contributed by atoms with Crippen molar-refractivity contribution in [3.8, 4) is 5.75 Å². The van der Waals surface area contributed by atoms with E-state index in [0.717, 1.165) is 17.0 Å². The summed E-state index contributed by atoms with van der Waals surface area (Å²) in [6.07, 6.45) is 0.863. The molecule has 0 bridgehead atoms. The van der Waals surface area contributed by atoms with Crippen LogP contribution in [0.2, 0.25) is 0 Å². The van der Waals surface area contributed by atoms with Gasteiger partial charge in [-0.2, -0.15) is 0 Å². The monoisotopic (exact) mass is 302 g/mol. The maximum Gasteiger partial charge on any atom is 0.315 e. The lowest BCUT2D eigenvalue weighted by atomic mass is 10.1. The molecule has 1 aliphatic rings. The minimum atomic E-state index is -0.157. The largest absolute Gasteiger partial charge is 0.488 e. The Balaban J connectivity index is 1.45. The van der Waals surface area contributed by atoms with Crippen LogP contribution in [0.1, 0.15) is 23.4 Å². The van der Waals surface area contributed by atoms with E-state index in [1.165, 1.54) is 5.56 Å². The number of para-hydroxylation sites is 1. The average Bonchev–Trinajstić information content (AvgIpc) is 3.14. The van der Waals surface area contributed by atoms with E-state index in [1.807, 2.05) is 42.6 Å². The van der Waals surface area contributed by atoms with Crippen LogP contribution in [0.3, 0.4) is 0 Å². The van der Waals surface area contributed by atoms with Crippen molar-refractivity contribution in [2.24, 2.45) is 0 Å². The van der Waals surface area contributed by atoms with E-state index in [2.05, 4.69) is 16.7 Å². The molecule has 1 aromatic carbocycles. The van der Waals surface area contributed by atoms with E-state index in [4.69, 9.17) is 4.74 Å². The predicted octanol–water partition coefficient (Wildman–Crippen LogP) is 3.11. The second-order valence-corrected chi connectivity index (χ2v) is 6.12. The molecule has 21 heavy (non-hydrogen) atoms. The molecule has 1 aromatic heterocycles. The van der Waals surface area contributed by atoms with Crippen LogP contribution in [0.15, 0.2) is 41.8 Å². The Morgan fingerprint density at radius 1 is 1.38 bits per heavy atom. The molecule has 5 heteroatoms. The number of nitrogens with one attached hydrogen (secondary N) is 2. The van der Waals surface area contributed by atoms with Gasteiger partial charge < -0.3 is 15.4 Å². The van der Waals surface area contributed by atoms with Crippen molar-refractivity contribution in [2.75, 3.05) is 6.54 Å². The van der Waals surface area contributed by atoms with Gasteiger partial charge in [-0.3, -0.25) is 0 Å². The molecule has 0 spiro atoms. The predicted molar refractivity (Wildman–Crippen MR) is 83.8 cm³/mol. The zero-order chi connectivity index (χ0) is 14.7. The number of urea groups is 1. The highest BCUT2D eigenvalue weighted by Gasteiger charge is 2.22. The van der Waals surface area contributed by atoms with Crippen molar-refractivity contribution in [2.45, 2.75) is 25.5 Å². The van der Waals surface area contributed by atoms with Crippen LogP contribution in [0.4, 0.5) is 4.79 Å². The summed E-state index contributed by atoms with van der Waals surface area (Å²) in [5.41, 5.74) is 1.21. The summed E-state index contributed by atoms with van der Waals surface area (Å²) in [6, 6.07) is 11.9. The smallest absolute Gasteiger partial charge is 0.315 e. The molecule has 0 aliphatic carbocycles. The number of carbonyl (C=O) groups is 1. The van der Waals surface area contributed by atoms with Crippen LogP contribution in [0.5, 0.6) is 5.75 Å². The zero-order valence-electron chi connectivity index (χ0n) is 11.8. The van der Waals surface area contributed by atoms with Gasteiger partial charge in [0.25, 0.3) is 0 Å². The molecule has 3 rings (SSSR count). The van der Waals surface area contributed by atoms with Crippen LogP contribution < -0.4 is 15.4 Å². The number of thiophene rings is 1. The first-order valence-corrected chi connectivity index (χ1v) is 7.92. The molecule has 0 saturated carbocycles. The summed E-state index contributed by atoms with van der Waals surface area (Å²) in [4.78, 5) is 13.1. The summed E-state index contributed by atoms with van der Waals surface area (Å²) in [6.45, 7) is 2.49. The van der Waals surface area contributed by atoms with Gasteiger partial charge in [-0.05, 0) is 30.0 Å². The Bertz CT molecular complexity index is 587. The lowest BCUT2D eigenvalue weighted by molar-refractivity contribution is 0.212. The summed E-state index contributed by atoms with van der Waals surface area (Å²) in [5.74, 6) is 0.927. The number of fused-ring (bicyclic) bond motifs is 1. The third-order valence-electron chi connectivity index (χ3n) is 3.52. The highest BCUT2D eigenvalue weighted by molar-refractivity contribution is 7.10. The van der Waals surface area contributed by atoms with Crippen LogP contribution in [0, 0.1) is 0 Å². The number of ether oxygens (including phenoxy) is 1. The average molecular weight is 302 g/mol. The Labute approximate surface area is 128 Å². The molecule has 2 heterocycles. The fourth-order valence-electron chi connectivity index (χ4n) is 2.43. The van der Waals surface area contributed by atoms with Gasteiger partial charge in [-0.25, -0.2) is 4.79 Å². The van der Waals surface area contributed by atoms with Gasteiger partial charge in [0.1, 0.15) is 11.9 Å². The Morgan fingerprint density at radius 2 is 2.24 bits per heavy atom. The lowest BCUT2D eigenvalue weighted by Gasteiger charge is -2.15. The van der Waals surface area contributed by atoms with E-state index in [1.54, 1.807) is 11.3 Å². The van der Waals surface area contributed by atoms with Crippen LogP contribution in [-0.4, -0.2) is 18.7 Å². The molecule has 1 aliphatic heterocycles. The molecular weight excluding hydrogens is 284 g/mol. The fourth-order valence-corrected chi connectivity index (χ4v) is 3.17. The van der Waals surface area contributed by atoms with Gasteiger partial charge in [-0.15, -0.1) is 11.3 Å². The summed E-state index contributed by atoms with van der Waals surface area (Å²) >= 11 is 1.64. The maximum absolute atomic E-state index is 11.9. The topological polar surface area (TPSA) is 50.4 Å². The number of carbonyl (C=O) groups excluding carboxylic acids is 1. The van der Waals surface area contributed by atoms with Crippen molar-refractivity contribution in [3.05, 3.63) is 52.2 Å². The first kappa shape index (κ1) is 13.9. The number of hydrogen-bond acceptors (Lipinski definition) is 3. The quantitative estimate of drug-likeness (QED) is 0.911. The third-order valence-corrected chi connectivity index (χ3v) is 4.58. The van der Waals surface area contributed by atoms with E-state index >= 15 is 0 Å². The molecule has 110 valence electrons. The molecule has 0 saturated heterocycles. The van der Waals surface area contributed by atoms with Crippen LogP contribution in [0.25, 0.3) is 0 Å². The molecule has 0 fully saturated rings. The molecule has 4 nitrogen and oxygen atoms in total. The molecule has 2 unspecified atom stereocenters. The molecule has 0 radical (unpaired) electrons. The minimum absolute atomic E-state index is 0.0187. The van der Waals surface area contributed by atoms with Gasteiger partial charge in [0.2, 0.25) is 0 Å². The van der Waals surface area contributed by atoms with E-state index < -0.39 is 0 Å². The van der Waals surface area contributed by atoms with E-state index in [9.17, 15) is 4.79 Å². The summed E-state index contributed by atoms with van der Waals surface area (Å²) < 4.78 is 5.79. The Hall–Kier alpha value is -2.01. The van der Waals surface area contributed by atoms with Crippen LogP contribution in [-0.2, 0) is 6.42 Å². The van der Waals surface area contributed by atoms with Crippen molar-refractivity contribution in [3.63, 3.8) is 0 Å². The highest BCUT2D eigenvalue weighted by atomic mass is 32.1. The molecule has 2 atom stereocenters. The van der Waals surface area contributed by atoms with Gasteiger partial charge in [0.15, 0.2) is 0 Å². The third kappa shape index (κ3) is 3.36. The van der Waals surface area contributed by atoms with Gasteiger partial charge in [0.05, 0.1) is 12.6 Å². The maximum atomic E-state index is 11.9. The molecule has 2 aromatic rings. The number of benzene rings is 1.